The third-order valence-electron chi connectivity index (χ3n) is 4.39. The molecule has 138 valence electrons. The monoisotopic (exact) mass is 398 g/mol. The standard InChI is InChI=1S/C19H18N4O2S2/c1-4-14(24)23-13-8-6-5-7-12(13)15-17(20-19(26-3)22-21-15)25-18(23)16-11(2)9-10-27-16/h5-10,18H,4H2,1-3H3/t18-/m0/s1. The number of ether oxygens (including phenoxy) is 1. The summed E-state index contributed by atoms with van der Waals surface area (Å²) in [6.07, 6.45) is 1.66. The fourth-order valence-electron chi connectivity index (χ4n) is 3.05. The Bertz CT molecular complexity index is 1000. The van der Waals surface area contributed by atoms with E-state index >= 15 is 0 Å². The average Bonchev–Trinajstić information content (AvgIpc) is 3.07. The summed E-state index contributed by atoms with van der Waals surface area (Å²) < 4.78 is 6.33. The molecule has 8 heteroatoms. The number of aromatic nitrogens is 3. The summed E-state index contributed by atoms with van der Waals surface area (Å²) in [7, 11) is 0. The summed E-state index contributed by atoms with van der Waals surface area (Å²) in [5.74, 6) is 0.372. The van der Waals surface area contributed by atoms with E-state index in [1.807, 2.05) is 55.8 Å². The molecule has 0 unspecified atom stereocenters. The van der Waals surface area contributed by atoms with Gasteiger partial charge in [-0.1, -0.05) is 36.9 Å². The van der Waals surface area contributed by atoms with Crippen LogP contribution in [-0.4, -0.2) is 27.3 Å². The molecule has 0 saturated heterocycles. The number of amides is 1. The highest BCUT2D eigenvalue weighted by molar-refractivity contribution is 7.98. The first kappa shape index (κ1) is 17.9. The number of thioether (sulfide) groups is 1. The number of hydrogen-bond acceptors (Lipinski definition) is 7. The second kappa shape index (κ2) is 7.28. The number of fused-ring (bicyclic) bond motifs is 3. The zero-order valence-electron chi connectivity index (χ0n) is 15.2. The quantitative estimate of drug-likeness (QED) is 0.607. The Kier molecular flexibility index (Phi) is 4.84. The van der Waals surface area contributed by atoms with Gasteiger partial charge < -0.3 is 4.74 Å². The lowest BCUT2D eigenvalue weighted by Crippen LogP contribution is -2.37. The smallest absolute Gasteiger partial charge is 0.247 e. The van der Waals surface area contributed by atoms with Crippen LogP contribution in [0, 0.1) is 6.92 Å². The molecule has 0 fully saturated rings. The minimum atomic E-state index is -0.591. The molecule has 0 radical (unpaired) electrons. The lowest BCUT2D eigenvalue weighted by molar-refractivity contribution is -0.120. The number of thiophene rings is 1. The Labute approximate surface area is 165 Å². The van der Waals surface area contributed by atoms with E-state index in [1.54, 1.807) is 16.2 Å². The molecule has 0 saturated carbocycles. The van der Waals surface area contributed by atoms with E-state index in [0.717, 1.165) is 21.7 Å². The maximum absolute atomic E-state index is 13.0. The largest absolute Gasteiger partial charge is 0.446 e. The first-order valence-electron chi connectivity index (χ1n) is 8.54. The van der Waals surface area contributed by atoms with Crippen molar-refractivity contribution in [1.82, 2.24) is 15.2 Å². The van der Waals surface area contributed by atoms with Gasteiger partial charge in [0.25, 0.3) is 0 Å². The predicted octanol–water partition coefficient (Wildman–Crippen LogP) is 4.46. The maximum atomic E-state index is 13.0. The summed E-state index contributed by atoms with van der Waals surface area (Å²) in [5, 5.41) is 11.1. The van der Waals surface area contributed by atoms with Crippen LogP contribution in [0.25, 0.3) is 11.3 Å². The van der Waals surface area contributed by atoms with E-state index in [0.29, 0.717) is 23.2 Å². The van der Waals surface area contributed by atoms with E-state index < -0.39 is 6.23 Å². The van der Waals surface area contributed by atoms with Gasteiger partial charge in [0, 0.05) is 12.0 Å². The van der Waals surface area contributed by atoms with Gasteiger partial charge in [-0.2, -0.15) is 4.98 Å². The van der Waals surface area contributed by atoms with Crippen LogP contribution in [0.15, 0.2) is 40.9 Å². The second-order valence-electron chi connectivity index (χ2n) is 6.02. The minimum absolute atomic E-state index is 0.0221. The first-order chi connectivity index (χ1) is 13.1. The molecule has 1 atom stereocenters. The molecule has 1 aliphatic rings. The van der Waals surface area contributed by atoms with Crippen molar-refractivity contribution in [3.05, 3.63) is 46.2 Å². The number of carbonyl (C=O) groups excluding carboxylic acids is 1. The Morgan fingerprint density at radius 3 is 2.81 bits per heavy atom. The number of carbonyl (C=O) groups is 1. The highest BCUT2D eigenvalue weighted by Crippen LogP contribution is 2.44. The van der Waals surface area contributed by atoms with E-state index in [9.17, 15) is 4.79 Å². The van der Waals surface area contributed by atoms with Gasteiger partial charge >= 0.3 is 0 Å². The average molecular weight is 399 g/mol. The normalized spacial score (nSPS) is 15.5. The Morgan fingerprint density at radius 2 is 2.11 bits per heavy atom. The molecule has 27 heavy (non-hydrogen) atoms. The Morgan fingerprint density at radius 1 is 1.30 bits per heavy atom. The molecule has 3 aromatic rings. The van der Waals surface area contributed by atoms with Gasteiger partial charge in [0.2, 0.25) is 23.2 Å². The Balaban J connectivity index is 1.99. The van der Waals surface area contributed by atoms with Gasteiger partial charge in [-0.25, -0.2) is 0 Å². The van der Waals surface area contributed by atoms with Crippen molar-refractivity contribution >= 4 is 34.7 Å². The van der Waals surface area contributed by atoms with Crippen LogP contribution < -0.4 is 9.64 Å². The topological polar surface area (TPSA) is 68.2 Å². The fraction of sp³-hybridized carbons (Fsp3) is 0.263. The summed E-state index contributed by atoms with van der Waals surface area (Å²) in [6.45, 7) is 3.87. The fourth-order valence-corrected chi connectivity index (χ4v) is 4.29. The highest BCUT2D eigenvalue weighted by atomic mass is 32.2. The number of para-hydroxylation sites is 1. The Hall–Kier alpha value is -2.45. The van der Waals surface area contributed by atoms with Gasteiger partial charge in [0.05, 0.1) is 10.6 Å². The van der Waals surface area contributed by atoms with E-state index in [2.05, 4.69) is 15.2 Å². The second-order valence-corrected chi connectivity index (χ2v) is 7.75. The van der Waals surface area contributed by atoms with Crippen molar-refractivity contribution in [1.29, 1.82) is 0 Å². The minimum Gasteiger partial charge on any atom is -0.446 e. The van der Waals surface area contributed by atoms with Gasteiger partial charge in [-0.3, -0.25) is 9.69 Å². The number of nitrogens with zero attached hydrogens (tertiary/aromatic N) is 4. The van der Waals surface area contributed by atoms with Gasteiger partial charge in [-0.15, -0.1) is 21.5 Å². The molecule has 0 bridgehead atoms. The SMILES string of the molecule is CCC(=O)N1c2ccccc2-c2nnc(SC)nc2O[C@H]1c1sccc1C. The number of benzene rings is 1. The van der Waals surface area contributed by atoms with Crippen LogP contribution in [0.1, 0.15) is 30.0 Å². The molecule has 0 N–H and O–H groups in total. The molecule has 1 aliphatic heterocycles. The van der Waals surface area contributed by atoms with Gasteiger partial charge in [-0.05, 0) is 36.3 Å². The first-order valence-corrected chi connectivity index (χ1v) is 10.6. The van der Waals surface area contributed by atoms with E-state index in [4.69, 9.17) is 4.74 Å². The third-order valence-corrected chi connectivity index (χ3v) is 5.98. The van der Waals surface area contributed by atoms with E-state index in [1.165, 1.54) is 11.8 Å². The van der Waals surface area contributed by atoms with Crippen molar-refractivity contribution in [2.45, 2.75) is 31.7 Å². The molecule has 6 nitrogen and oxygen atoms in total. The molecule has 0 aliphatic carbocycles. The molecule has 2 aromatic heterocycles. The van der Waals surface area contributed by atoms with Crippen molar-refractivity contribution in [3.63, 3.8) is 0 Å². The zero-order valence-corrected chi connectivity index (χ0v) is 16.8. The van der Waals surface area contributed by atoms with Crippen molar-refractivity contribution in [2.24, 2.45) is 0 Å². The van der Waals surface area contributed by atoms with Crippen molar-refractivity contribution < 1.29 is 9.53 Å². The van der Waals surface area contributed by atoms with E-state index in [-0.39, 0.29) is 5.91 Å². The van der Waals surface area contributed by atoms with Crippen molar-refractivity contribution in [2.75, 3.05) is 11.2 Å². The third kappa shape index (κ3) is 3.08. The van der Waals surface area contributed by atoms with Crippen molar-refractivity contribution in [3.8, 4) is 17.1 Å². The number of anilines is 1. The van der Waals surface area contributed by atoms with Crippen LogP contribution in [0.3, 0.4) is 0 Å². The molecular formula is C19H18N4O2S2. The molecular weight excluding hydrogens is 380 g/mol. The molecule has 1 amide bonds. The zero-order chi connectivity index (χ0) is 19.0. The molecule has 1 aromatic carbocycles. The molecule has 0 spiro atoms. The summed E-state index contributed by atoms with van der Waals surface area (Å²) >= 11 is 2.97. The summed E-state index contributed by atoms with van der Waals surface area (Å²) in [4.78, 5) is 20.2. The van der Waals surface area contributed by atoms with Crippen LogP contribution in [0.5, 0.6) is 5.88 Å². The molecule has 3 heterocycles. The number of hydrogen-bond donors (Lipinski definition) is 0. The highest BCUT2D eigenvalue weighted by Gasteiger charge is 2.36. The van der Waals surface area contributed by atoms with Crippen LogP contribution in [0.2, 0.25) is 0 Å². The van der Waals surface area contributed by atoms with Crippen LogP contribution in [-0.2, 0) is 4.79 Å². The summed E-state index contributed by atoms with van der Waals surface area (Å²) in [5.41, 5.74) is 3.17. The lowest BCUT2D eigenvalue weighted by atomic mass is 10.1. The lowest BCUT2D eigenvalue weighted by Gasteiger charge is -2.30. The predicted molar refractivity (Wildman–Crippen MR) is 107 cm³/mol. The van der Waals surface area contributed by atoms with Gasteiger partial charge in [0.15, 0.2) is 5.69 Å². The van der Waals surface area contributed by atoms with Crippen LogP contribution >= 0.6 is 23.1 Å². The number of aryl methyl sites for hydroxylation is 1. The van der Waals surface area contributed by atoms with Crippen LogP contribution in [0.4, 0.5) is 5.69 Å². The molecule has 4 rings (SSSR count). The number of rotatable bonds is 3. The maximum Gasteiger partial charge on any atom is 0.247 e. The summed E-state index contributed by atoms with van der Waals surface area (Å²) in [6, 6.07) is 9.70. The van der Waals surface area contributed by atoms with Gasteiger partial charge in [0.1, 0.15) is 0 Å².